The molecule has 4 nitrogen and oxygen atoms in total. The summed E-state index contributed by atoms with van der Waals surface area (Å²) < 4.78 is 39.7. The molecule has 0 spiro atoms. The van der Waals surface area contributed by atoms with Crippen molar-refractivity contribution in [1.29, 1.82) is 0 Å². The summed E-state index contributed by atoms with van der Waals surface area (Å²) in [4.78, 5) is 17.4. The van der Waals surface area contributed by atoms with Gasteiger partial charge in [0.25, 0.3) is 0 Å². The van der Waals surface area contributed by atoms with E-state index in [0.29, 0.717) is 16.7 Å². The first-order valence-electron chi connectivity index (χ1n) is 12.7. The fraction of sp³-hybridized carbons (Fsp3) is 0.654. The molecule has 1 aromatic heterocycles. The quantitative estimate of drug-likeness (QED) is 0.556. The van der Waals surface area contributed by atoms with Crippen LogP contribution in [-0.2, 0) is 11.0 Å². The van der Waals surface area contributed by atoms with Crippen LogP contribution in [0.2, 0.25) is 0 Å². The van der Waals surface area contributed by atoms with Gasteiger partial charge in [0.05, 0.1) is 11.3 Å². The average molecular weight is 494 g/mol. The van der Waals surface area contributed by atoms with E-state index in [4.69, 9.17) is 0 Å². The van der Waals surface area contributed by atoms with E-state index in [-0.39, 0.29) is 11.8 Å². The number of nitrogens with zero attached hydrogens (tertiary/aromatic N) is 2. The highest BCUT2D eigenvalue weighted by Crippen LogP contribution is 2.41. The lowest BCUT2D eigenvalue weighted by molar-refractivity contribution is -0.137. The van der Waals surface area contributed by atoms with Gasteiger partial charge in [-0.25, -0.2) is 0 Å². The standard InChI is InChI=1S/C26H34F3N3OS/c1-2-17-3-6-20(7-4-17)30-25(33)22-13-18(22)15-31-9-11-32(12-10-31)23-16-34-24-14-19(26(27,28)29)5-8-21(23)24/h5,8,14,16-18,20,22H,2-4,6-7,9-13,15H2,1H3,(H,30,33)/t17?,18?,20?,22-/m0/s1. The van der Waals surface area contributed by atoms with Crippen LogP contribution in [-0.4, -0.2) is 49.6 Å². The summed E-state index contributed by atoms with van der Waals surface area (Å²) in [6.45, 7) is 6.78. The van der Waals surface area contributed by atoms with Crippen molar-refractivity contribution in [2.24, 2.45) is 17.8 Å². The second kappa shape index (κ2) is 9.69. The van der Waals surface area contributed by atoms with Crippen LogP contribution in [0.5, 0.6) is 0 Å². The highest BCUT2D eigenvalue weighted by atomic mass is 32.1. The van der Waals surface area contributed by atoms with E-state index >= 15 is 0 Å². The number of benzene rings is 1. The van der Waals surface area contributed by atoms with Crippen LogP contribution in [0, 0.1) is 17.8 Å². The number of amides is 1. The average Bonchev–Trinajstić information content (AvgIpc) is 3.47. The molecule has 34 heavy (non-hydrogen) atoms. The van der Waals surface area contributed by atoms with E-state index in [1.807, 2.05) is 5.38 Å². The van der Waals surface area contributed by atoms with E-state index in [1.165, 1.54) is 42.7 Å². The molecular formula is C26H34F3N3OS. The fourth-order valence-corrected chi connectivity index (χ4v) is 6.74. The summed E-state index contributed by atoms with van der Waals surface area (Å²) in [5.74, 6) is 1.73. The number of rotatable bonds is 6. The number of piperazine rings is 1. The van der Waals surface area contributed by atoms with Gasteiger partial charge in [0.15, 0.2) is 0 Å². The van der Waals surface area contributed by atoms with Gasteiger partial charge in [0.1, 0.15) is 0 Å². The molecule has 2 heterocycles. The molecule has 1 aromatic carbocycles. The molecule has 1 N–H and O–H groups in total. The molecule has 1 aliphatic heterocycles. The molecule has 2 aliphatic carbocycles. The van der Waals surface area contributed by atoms with Crippen molar-refractivity contribution in [3.05, 3.63) is 29.1 Å². The summed E-state index contributed by atoms with van der Waals surface area (Å²) >= 11 is 1.38. The van der Waals surface area contributed by atoms with Gasteiger partial charge in [0.2, 0.25) is 5.91 Å². The third-order valence-corrected chi connectivity index (χ3v) is 9.05. The summed E-state index contributed by atoms with van der Waals surface area (Å²) in [6, 6.07) is 4.42. The van der Waals surface area contributed by atoms with Crippen molar-refractivity contribution in [3.8, 4) is 0 Å². The SMILES string of the molecule is CCC1CCC(NC(=O)[C@H]2CC2CN2CCN(c3csc4cc(C(F)(F)F)ccc34)CC2)CC1. The first-order valence-corrected chi connectivity index (χ1v) is 13.6. The number of carbonyl (C=O) groups is 1. The maximum atomic E-state index is 13.0. The van der Waals surface area contributed by atoms with Crippen molar-refractivity contribution in [3.63, 3.8) is 0 Å². The Balaban J connectivity index is 1.08. The number of hydrogen-bond acceptors (Lipinski definition) is 4. The van der Waals surface area contributed by atoms with Gasteiger partial charge in [-0.3, -0.25) is 9.69 Å². The first-order chi connectivity index (χ1) is 16.3. The number of anilines is 1. The van der Waals surface area contributed by atoms with Gasteiger partial charge in [-0.05, 0) is 56.1 Å². The molecular weight excluding hydrogens is 459 g/mol. The Labute approximate surface area is 203 Å². The van der Waals surface area contributed by atoms with Crippen LogP contribution < -0.4 is 10.2 Å². The maximum Gasteiger partial charge on any atom is 0.416 e. The minimum absolute atomic E-state index is 0.172. The van der Waals surface area contributed by atoms with E-state index < -0.39 is 11.7 Å². The Kier molecular flexibility index (Phi) is 6.81. The molecule has 5 rings (SSSR count). The predicted molar refractivity (Wildman–Crippen MR) is 131 cm³/mol. The van der Waals surface area contributed by atoms with Gasteiger partial charge in [0, 0.05) is 60.1 Å². The molecule has 186 valence electrons. The molecule has 1 unspecified atom stereocenters. The van der Waals surface area contributed by atoms with Crippen LogP contribution in [0.25, 0.3) is 10.1 Å². The smallest absolute Gasteiger partial charge is 0.368 e. The second-order valence-corrected chi connectivity index (χ2v) is 11.3. The molecule has 1 amide bonds. The molecule has 0 bridgehead atoms. The third-order valence-electron chi connectivity index (χ3n) is 8.12. The monoisotopic (exact) mass is 493 g/mol. The number of nitrogens with one attached hydrogen (secondary N) is 1. The van der Waals surface area contributed by atoms with Gasteiger partial charge in [-0.15, -0.1) is 11.3 Å². The Morgan fingerprint density at radius 3 is 2.53 bits per heavy atom. The minimum atomic E-state index is -4.31. The predicted octanol–water partition coefficient (Wildman–Crippen LogP) is 5.76. The normalized spacial score (nSPS) is 28.3. The van der Waals surface area contributed by atoms with Gasteiger partial charge >= 0.3 is 6.18 Å². The Hall–Kier alpha value is -1.80. The number of hydrogen-bond donors (Lipinski definition) is 1. The van der Waals surface area contributed by atoms with Crippen molar-refractivity contribution >= 4 is 33.0 Å². The zero-order chi connectivity index (χ0) is 23.9. The molecule has 8 heteroatoms. The molecule has 2 aromatic rings. The number of fused-ring (bicyclic) bond motifs is 1. The number of thiophene rings is 1. The Morgan fingerprint density at radius 1 is 1.12 bits per heavy atom. The molecule has 0 radical (unpaired) electrons. The fourth-order valence-electron chi connectivity index (χ4n) is 5.73. The Morgan fingerprint density at radius 2 is 1.85 bits per heavy atom. The lowest BCUT2D eigenvalue weighted by Crippen LogP contribution is -2.47. The highest BCUT2D eigenvalue weighted by Gasteiger charge is 2.44. The van der Waals surface area contributed by atoms with Gasteiger partial charge in [-0.2, -0.15) is 13.2 Å². The van der Waals surface area contributed by atoms with Crippen LogP contribution in [0.15, 0.2) is 23.6 Å². The molecule has 2 atom stereocenters. The van der Waals surface area contributed by atoms with Crippen LogP contribution in [0.1, 0.15) is 51.0 Å². The number of carbonyl (C=O) groups excluding carboxylic acids is 1. The van der Waals surface area contributed by atoms with Crippen LogP contribution in [0.3, 0.4) is 0 Å². The lowest BCUT2D eigenvalue weighted by Gasteiger charge is -2.36. The van der Waals surface area contributed by atoms with Crippen molar-refractivity contribution in [2.75, 3.05) is 37.6 Å². The lowest BCUT2D eigenvalue weighted by atomic mass is 9.84. The van der Waals surface area contributed by atoms with Crippen molar-refractivity contribution < 1.29 is 18.0 Å². The zero-order valence-corrected chi connectivity index (χ0v) is 20.6. The molecule has 1 saturated heterocycles. The summed E-state index contributed by atoms with van der Waals surface area (Å²) in [6.07, 6.45) is 2.66. The summed E-state index contributed by atoms with van der Waals surface area (Å²) in [5, 5.41) is 6.20. The highest BCUT2D eigenvalue weighted by molar-refractivity contribution is 7.17. The summed E-state index contributed by atoms with van der Waals surface area (Å²) in [5.41, 5.74) is 0.449. The summed E-state index contributed by atoms with van der Waals surface area (Å²) in [7, 11) is 0. The van der Waals surface area contributed by atoms with Gasteiger partial charge in [-0.1, -0.05) is 19.4 Å². The Bertz CT molecular complexity index is 1010. The van der Waals surface area contributed by atoms with Crippen molar-refractivity contribution in [1.82, 2.24) is 10.2 Å². The third kappa shape index (κ3) is 5.23. The number of halogens is 3. The van der Waals surface area contributed by atoms with Gasteiger partial charge < -0.3 is 10.2 Å². The van der Waals surface area contributed by atoms with Crippen molar-refractivity contribution in [2.45, 2.75) is 57.7 Å². The molecule has 3 aliphatic rings. The zero-order valence-electron chi connectivity index (χ0n) is 19.7. The maximum absolute atomic E-state index is 13.0. The molecule has 2 saturated carbocycles. The van der Waals surface area contributed by atoms with Crippen LogP contribution in [0.4, 0.5) is 18.9 Å². The van der Waals surface area contributed by atoms with E-state index in [1.54, 1.807) is 6.07 Å². The second-order valence-electron chi connectivity index (χ2n) is 10.4. The van der Waals surface area contributed by atoms with E-state index in [0.717, 1.165) is 69.0 Å². The van der Waals surface area contributed by atoms with E-state index in [9.17, 15) is 18.0 Å². The largest absolute Gasteiger partial charge is 0.416 e. The van der Waals surface area contributed by atoms with Crippen LogP contribution >= 0.6 is 11.3 Å². The van der Waals surface area contributed by atoms with E-state index in [2.05, 4.69) is 22.0 Å². The first kappa shape index (κ1) is 23.9. The molecule has 3 fully saturated rings. The number of alkyl halides is 3. The minimum Gasteiger partial charge on any atom is -0.368 e. The topological polar surface area (TPSA) is 35.6 Å².